The minimum atomic E-state index is 0.615. The van der Waals surface area contributed by atoms with Crippen LogP contribution in [0, 0.1) is 5.92 Å². The van der Waals surface area contributed by atoms with Gasteiger partial charge in [0, 0.05) is 0 Å². The lowest BCUT2D eigenvalue weighted by atomic mass is 9.92. The van der Waals surface area contributed by atoms with E-state index in [9.17, 15) is 0 Å². The molecule has 70 valence electrons. The van der Waals surface area contributed by atoms with E-state index >= 15 is 0 Å². The molecule has 0 bridgehead atoms. The highest BCUT2D eigenvalue weighted by atomic mass is 14.1. The lowest BCUT2D eigenvalue weighted by molar-refractivity contribution is 0.785. The van der Waals surface area contributed by atoms with Gasteiger partial charge in [-0.2, -0.15) is 0 Å². The number of allylic oxidation sites excluding steroid dienone is 7. The first-order valence-electron chi connectivity index (χ1n) is 4.85. The van der Waals surface area contributed by atoms with Crippen LogP contribution in [0.2, 0.25) is 0 Å². The standard InChI is InChI=1S/C13H18/c1-5-11(4)13-8-6-7-12(9-13)10(2)3/h5-7,9-10H,1,8H2,2-4H3. The van der Waals surface area contributed by atoms with Crippen molar-refractivity contribution in [3.05, 3.63) is 47.6 Å². The largest absolute Gasteiger partial charge is 0.0988 e. The SMILES string of the molecule is C=CC(C)=C1C=C(C(C)C)C=CC1. The molecule has 13 heavy (non-hydrogen) atoms. The Morgan fingerprint density at radius 2 is 2.23 bits per heavy atom. The molecule has 0 radical (unpaired) electrons. The van der Waals surface area contributed by atoms with Gasteiger partial charge >= 0.3 is 0 Å². The Bertz CT molecular complexity index is 285. The maximum Gasteiger partial charge on any atom is -0.00915 e. The highest BCUT2D eigenvalue weighted by Gasteiger charge is 2.06. The van der Waals surface area contributed by atoms with E-state index in [1.807, 2.05) is 6.08 Å². The first-order chi connectivity index (χ1) is 6.15. The Kier molecular flexibility index (Phi) is 3.30. The lowest BCUT2D eigenvalue weighted by Crippen LogP contribution is -1.96. The van der Waals surface area contributed by atoms with Gasteiger partial charge in [0.15, 0.2) is 0 Å². The van der Waals surface area contributed by atoms with Crippen LogP contribution in [0.5, 0.6) is 0 Å². The summed E-state index contributed by atoms with van der Waals surface area (Å²) in [5, 5.41) is 0. The smallest absolute Gasteiger partial charge is 0.00915 e. The number of hydrogen-bond acceptors (Lipinski definition) is 0. The van der Waals surface area contributed by atoms with Gasteiger partial charge in [0.2, 0.25) is 0 Å². The fourth-order valence-corrected chi connectivity index (χ4v) is 1.40. The van der Waals surface area contributed by atoms with Gasteiger partial charge in [-0.05, 0) is 36.0 Å². The van der Waals surface area contributed by atoms with E-state index in [4.69, 9.17) is 0 Å². The molecule has 1 rings (SSSR count). The van der Waals surface area contributed by atoms with Crippen LogP contribution < -0.4 is 0 Å². The van der Waals surface area contributed by atoms with Gasteiger partial charge in [-0.3, -0.25) is 0 Å². The van der Waals surface area contributed by atoms with Crippen molar-refractivity contribution in [2.75, 3.05) is 0 Å². The van der Waals surface area contributed by atoms with Crippen molar-refractivity contribution < 1.29 is 0 Å². The molecule has 0 aromatic rings. The molecule has 1 aliphatic carbocycles. The van der Waals surface area contributed by atoms with Gasteiger partial charge in [-0.1, -0.05) is 44.7 Å². The lowest BCUT2D eigenvalue weighted by Gasteiger charge is -2.13. The van der Waals surface area contributed by atoms with Crippen LogP contribution in [0.1, 0.15) is 27.2 Å². The van der Waals surface area contributed by atoms with E-state index in [0.717, 1.165) is 6.42 Å². The van der Waals surface area contributed by atoms with Gasteiger partial charge in [-0.25, -0.2) is 0 Å². The van der Waals surface area contributed by atoms with E-state index in [2.05, 4.69) is 45.6 Å². The maximum atomic E-state index is 3.79. The minimum absolute atomic E-state index is 0.615. The molecule has 0 spiro atoms. The summed E-state index contributed by atoms with van der Waals surface area (Å²) in [6, 6.07) is 0. The van der Waals surface area contributed by atoms with Crippen molar-refractivity contribution in [2.24, 2.45) is 5.92 Å². The van der Waals surface area contributed by atoms with E-state index in [1.165, 1.54) is 16.7 Å². The van der Waals surface area contributed by atoms with E-state index < -0.39 is 0 Å². The van der Waals surface area contributed by atoms with E-state index in [-0.39, 0.29) is 0 Å². The average Bonchev–Trinajstić information content (AvgIpc) is 2.17. The molecule has 0 N–H and O–H groups in total. The molecule has 0 aromatic carbocycles. The second-order valence-corrected chi connectivity index (χ2v) is 3.82. The molecule has 0 saturated carbocycles. The van der Waals surface area contributed by atoms with Crippen molar-refractivity contribution >= 4 is 0 Å². The van der Waals surface area contributed by atoms with Crippen LogP contribution in [0.4, 0.5) is 0 Å². The predicted molar refractivity (Wildman–Crippen MR) is 59.6 cm³/mol. The molecule has 0 atom stereocenters. The number of hydrogen-bond donors (Lipinski definition) is 0. The summed E-state index contributed by atoms with van der Waals surface area (Å²) in [7, 11) is 0. The minimum Gasteiger partial charge on any atom is -0.0988 e. The van der Waals surface area contributed by atoms with Gasteiger partial charge < -0.3 is 0 Å². The predicted octanol–water partition coefficient (Wildman–Crippen LogP) is 4.03. The first kappa shape index (κ1) is 10.0. The van der Waals surface area contributed by atoms with Crippen molar-refractivity contribution in [2.45, 2.75) is 27.2 Å². The van der Waals surface area contributed by atoms with Crippen LogP contribution in [0.15, 0.2) is 47.6 Å². The van der Waals surface area contributed by atoms with Crippen LogP contribution in [-0.4, -0.2) is 0 Å². The highest BCUT2D eigenvalue weighted by Crippen LogP contribution is 2.23. The third kappa shape index (κ3) is 2.45. The maximum absolute atomic E-state index is 3.79. The Labute approximate surface area is 81.4 Å². The summed E-state index contributed by atoms with van der Waals surface area (Å²) in [5.41, 5.74) is 4.12. The van der Waals surface area contributed by atoms with Crippen LogP contribution in [0.3, 0.4) is 0 Å². The fraction of sp³-hybridized carbons (Fsp3) is 0.385. The van der Waals surface area contributed by atoms with Crippen LogP contribution >= 0.6 is 0 Å². The Hall–Kier alpha value is -1.04. The summed E-state index contributed by atoms with van der Waals surface area (Å²) in [4.78, 5) is 0. The summed E-state index contributed by atoms with van der Waals surface area (Å²) in [6.07, 6.45) is 9.74. The van der Waals surface area contributed by atoms with E-state index in [0.29, 0.717) is 5.92 Å². The van der Waals surface area contributed by atoms with Gasteiger partial charge in [0.25, 0.3) is 0 Å². The second kappa shape index (κ2) is 4.27. The molecule has 0 saturated heterocycles. The van der Waals surface area contributed by atoms with Gasteiger partial charge in [0.05, 0.1) is 0 Å². The first-order valence-corrected chi connectivity index (χ1v) is 4.85. The van der Waals surface area contributed by atoms with Crippen LogP contribution in [-0.2, 0) is 0 Å². The van der Waals surface area contributed by atoms with Gasteiger partial charge in [0.1, 0.15) is 0 Å². The molecule has 0 aliphatic heterocycles. The zero-order valence-corrected chi connectivity index (χ0v) is 8.80. The molecular formula is C13H18. The molecule has 0 aromatic heterocycles. The van der Waals surface area contributed by atoms with Crippen molar-refractivity contribution in [1.29, 1.82) is 0 Å². The topological polar surface area (TPSA) is 0 Å². The fourth-order valence-electron chi connectivity index (χ4n) is 1.40. The Morgan fingerprint density at radius 1 is 1.54 bits per heavy atom. The molecule has 0 fully saturated rings. The van der Waals surface area contributed by atoms with Crippen molar-refractivity contribution in [3.8, 4) is 0 Å². The molecule has 1 aliphatic rings. The Balaban J connectivity index is 2.97. The summed E-state index contributed by atoms with van der Waals surface area (Å²) in [6.45, 7) is 10.4. The average molecular weight is 174 g/mol. The summed E-state index contributed by atoms with van der Waals surface area (Å²) >= 11 is 0. The molecule has 0 amide bonds. The molecule has 0 heterocycles. The van der Waals surface area contributed by atoms with Crippen molar-refractivity contribution in [1.82, 2.24) is 0 Å². The summed E-state index contributed by atoms with van der Waals surface area (Å²) in [5.74, 6) is 0.615. The number of rotatable bonds is 2. The summed E-state index contributed by atoms with van der Waals surface area (Å²) < 4.78 is 0. The molecule has 0 nitrogen and oxygen atoms in total. The monoisotopic (exact) mass is 174 g/mol. The third-order valence-electron chi connectivity index (χ3n) is 2.47. The third-order valence-corrected chi connectivity index (χ3v) is 2.47. The van der Waals surface area contributed by atoms with Crippen molar-refractivity contribution in [3.63, 3.8) is 0 Å². The molecule has 0 unspecified atom stereocenters. The highest BCUT2D eigenvalue weighted by molar-refractivity contribution is 5.42. The quantitative estimate of drug-likeness (QED) is 0.593. The normalized spacial score (nSPS) is 20.2. The van der Waals surface area contributed by atoms with Crippen LogP contribution in [0.25, 0.3) is 0 Å². The molecular weight excluding hydrogens is 156 g/mol. The second-order valence-electron chi connectivity index (χ2n) is 3.82. The van der Waals surface area contributed by atoms with Gasteiger partial charge in [-0.15, -0.1) is 0 Å². The van der Waals surface area contributed by atoms with E-state index in [1.54, 1.807) is 0 Å². The Morgan fingerprint density at radius 3 is 2.77 bits per heavy atom. The zero-order valence-electron chi connectivity index (χ0n) is 8.80. The zero-order chi connectivity index (χ0) is 9.84. The molecule has 0 heteroatoms.